The Hall–Kier alpha value is -4.86. The zero-order chi connectivity index (χ0) is 24.6. The fraction of sp³-hybridized carbons (Fsp3) is 0. The Bertz CT molecular complexity index is 2240. The van der Waals surface area contributed by atoms with Gasteiger partial charge in [-0.1, -0.05) is 24.3 Å². The molecule has 10 heteroatoms. The molecule has 8 aromatic rings. The first kappa shape index (κ1) is 19.4. The molecular weight excluding hydrogens is 476 g/mol. The molecule has 6 nitrogen and oxygen atoms in total. The lowest BCUT2D eigenvalue weighted by molar-refractivity contribution is 0.520. The predicted octanol–water partition coefficient (Wildman–Crippen LogP) is 4.90. The Morgan fingerprint density at radius 1 is 0.500 bits per heavy atom. The number of nitrogens with zero attached hydrogens (tertiary/aromatic N) is 4. The van der Waals surface area contributed by atoms with E-state index in [0.29, 0.717) is 0 Å². The summed E-state index contributed by atoms with van der Waals surface area (Å²) >= 11 is 0. The minimum atomic E-state index is -1.54. The Kier molecular flexibility index (Phi) is 3.26. The fourth-order valence-electron chi connectivity index (χ4n) is 5.47. The van der Waals surface area contributed by atoms with E-state index in [-0.39, 0.29) is 33.4 Å². The molecule has 0 unspecified atom stereocenters. The molecule has 0 amide bonds. The Labute approximate surface area is 194 Å². The first-order valence-corrected chi connectivity index (χ1v) is 10.8. The van der Waals surface area contributed by atoms with E-state index in [2.05, 4.69) is 9.97 Å². The van der Waals surface area contributed by atoms with Gasteiger partial charge in [0.05, 0.1) is 43.6 Å². The van der Waals surface area contributed by atoms with E-state index in [9.17, 15) is 9.59 Å². The van der Waals surface area contributed by atoms with Crippen molar-refractivity contribution in [3.05, 3.63) is 92.5 Å². The van der Waals surface area contributed by atoms with Gasteiger partial charge in [-0.05, 0) is 24.3 Å². The van der Waals surface area contributed by atoms with E-state index >= 15 is 17.6 Å². The fourth-order valence-corrected chi connectivity index (χ4v) is 5.47. The second kappa shape index (κ2) is 6.03. The Morgan fingerprint density at radius 3 is 1.28 bits per heavy atom. The lowest BCUT2D eigenvalue weighted by Gasteiger charge is -2.15. The molecule has 0 radical (unpaired) electrons. The maximum absolute atomic E-state index is 15.8. The van der Waals surface area contributed by atoms with Gasteiger partial charge in [-0.25, -0.2) is 27.5 Å². The third-order valence-corrected chi connectivity index (χ3v) is 6.92. The molecule has 0 aliphatic heterocycles. The number of halogens is 4. The van der Waals surface area contributed by atoms with Crippen LogP contribution < -0.4 is 11.1 Å². The van der Waals surface area contributed by atoms with Crippen molar-refractivity contribution in [3.8, 4) is 0 Å². The van der Waals surface area contributed by atoms with E-state index in [1.807, 2.05) is 0 Å². The quantitative estimate of drug-likeness (QED) is 0.227. The summed E-state index contributed by atoms with van der Waals surface area (Å²) in [6.07, 6.45) is 0. The van der Waals surface area contributed by atoms with Crippen molar-refractivity contribution in [2.24, 2.45) is 0 Å². The molecule has 0 spiro atoms. The molecule has 4 aromatic heterocycles. The van der Waals surface area contributed by atoms with Crippen LogP contribution >= 0.6 is 0 Å². The van der Waals surface area contributed by atoms with Crippen molar-refractivity contribution >= 4 is 65.7 Å². The van der Waals surface area contributed by atoms with Gasteiger partial charge in [-0.3, -0.25) is 18.4 Å². The molecule has 4 aromatic carbocycles. The number of pyridine rings is 2. The van der Waals surface area contributed by atoms with E-state index in [1.54, 1.807) is 36.4 Å². The smallest absolute Gasteiger partial charge is 0.267 e. The monoisotopic (exact) mass is 484 g/mol. The van der Waals surface area contributed by atoms with Gasteiger partial charge in [0.25, 0.3) is 11.1 Å². The van der Waals surface area contributed by atoms with Crippen molar-refractivity contribution in [3.63, 3.8) is 0 Å². The standard InChI is InChI=1S/C26H8F4N4O2/c27-19-15-13-14-16(24-32-10-6-2-4-8-12(10)34(24)26(36)18(14)22(19)30)20(28)21(29)17(13)25(35)33-11-7-3-1-5-9(11)31-23(15)33/h1-8H. The molecule has 0 atom stereocenters. The summed E-state index contributed by atoms with van der Waals surface area (Å²) in [6.45, 7) is 0. The van der Waals surface area contributed by atoms with Crippen molar-refractivity contribution in [2.75, 3.05) is 0 Å². The van der Waals surface area contributed by atoms with Crippen LogP contribution in [0.15, 0.2) is 58.1 Å². The van der Waals surface area contributed by atoms with Crippen LogP contribution in [-0.4, -0.2) is 18.8 Å². The third kappa shape index (κ3) is 1.94. The van der Waals surface area contributed by atoms with Crippen molar-refractivity contribution < 1.29 is 17.6 Å². The zero-order valence-corrected chi connectivity index (χ0v) is 17.7. The number of aromatic nitrogens is 4. The normalized spacial score (nSPS) is 12.7. The molecular formula is C26H8F4N4O2. The van der Waals surface area contributed by atoms with Gasteiger partial charge in [0.2, 0.25) is 0 Å². The molecule has 8 rings (SSSR count). The highest BCUT2D eigenvalue weighted by Crippen LogP contribution is 2.42. The van der Waals surface area contributed by atoms with E-state index < -0.39 is 66.7 Å². The minimum Gasteiger partial charge on any atom is -0.268 e. The maximum atomic E-state index is 15.8. The average molecular weight is 484 g/mol. The molecule has 0 bridgehead atoms. The molecule has 0 N–H and O–H groups in total. The summed E-state index contributed by atoms with van der Waals surface area (Å²) in [6, 6.07) is 12.6. The highest BCUT2D eigenvalue weighted by molar-refractivity contribution is 6.28. The number of imidazole rings is 2. The highest BCUT2D eigenvalue weighted by Gasteiger charge is 2.32. The third-order valence-electron chi connectivity index (χ3n) is 6.92. The largest absolute Gasteiger partial charge is 0.268 e. The summed E-state index contributed by atoms with van der Waals surface area (Å²) in [4.78, 5) is 35.7. The number of hydrogen-bond acceptors (Lipinski definition) is 4. The molecule has 0 aliphatic carbocycles. The van der Waals surface area contributed by atoms with E-state index in [0.717, 1.165) is 8.80 Å². The van der Waals surface area contributed by atoms with Crippen molar-refractivity contribution in [1.82, 2.24) is 18.8 Å². The second-order valence-corrected chi connectivity index (χ2v) is 8.64. The number of benzene rings is 4. The average Bonchev–Trinajstić information content (AvgIpc) is 3.45. The predicted molar refractivity (Wildman–Crippen MR) is 126 cm³/mol. The summed E-state index contributed by atoms with van der Waals surface area (Å²) < 4.78 is 64.8. The van der Waals surface area contributed by atoms with E-state index in [4.69, 9.17) is 0 Å². The lowest BCUT2D eigenvalue weighted by Crippen LogP contribution is -2.20. The van der Waals surface area contributed by atoms with Gasteiger partial charge in [-0.15, -0.1) is 0 Å². The summed E-state index contributed by atoms with van der Waals surface area (Å²) in [5.74, 6) is -6.06. The van der Waals surface area contributed by atoms with Crippen LogP contribution in [-0.2, 0) is 0 Å². The van der Waals surface area contributed by atoms with Gasteiger partial charge < -0.3 is 0 Å². The molecule has 36 heavy (non-hydrogen) atoms. The molecule has 0 fully saturated rings. The van der Waals surface area contributed by atoms with Crippen LogP contribution in [0.2, 0.25) is 0 Å². The summed E-state index contributed by atoms with van der Waals surface area (Å²) in [7, 11) is 0. The van der Waals surface area contributed by atoms with Crippen molar-refractivity contribution in [2.45, 2.75) is 0 Å². The molecule has 0 saturated carbocycles. The van der Waals surface area contributed by atoms with Crippen LogP contribution in [0.3, 0.4) is 0 Å². The van der Waals surface area contributed by atoms with Gasteiger partial charge in [0, 0.05) is 10.8 Å². The molecule has 0 saturated heterocycles. The lowest BCUT2D eigenvalue weighted by atomic mass is 9.94. The second-order valence-electron chi connectivity index (χ2n) is 8.64. The highest BCUT2D eigenvalue weighted by atomic mass is 19.2. The van der Waals surface area contributed by atoms with Crippen molar-refractivity contribution in [1.29, 1.82) is 0 Å². The van der Waals surface area contributed by atoms with Gasteiger partial charge in [0.1, 0.15) is 0 Å². The number of para-hydroxylation sites is 4. The van der Waals surface area contributed by atoms with Crippen LogP contribution in [0.1, 0.15) is 0 Å². The first-order chi connectivity index (χ1) is 17.4. The zero-order valence-electron chi connectivity index (χ0n) is 17.7. The van der Waals surface area contributed by atoms with E-state index in [1.165, 1.54) is 12.1 Å². The maximum Gasteiger partial charge on any atom is 0.267 e. The minimum absolute atomic E-state index is 0.217. The van der Waals surface area contributed by atoms with Crippen LogP contribution in [0.5, 0.6) is 0 Å². The molecule has 4 heterocycles. The number of hydrogen-bond donors (Lipinski definition) is 0. The Morgan fingerprint density at radius 2 is 0.861 bits per heavy atom. The van der Waals surface area contributed by atoms with Gasteiger partial charge in [0.15, 0.2) is 34.6 Å². The molecule has 0 aliphatic rings. The SMILES string of the molecule is O=c1c2c(F)c(F)c3c4c(c(F)c(F)c(c24)c2nc4ccccc4n12)c(=O)n1c2ccccc2nc31. The summed E-state index contributed by atoms with van der Waals surface area (Å²) in [5.41, 5.74) is -1.55. The Balaban J connectivity index is 1.84. The molecule has 172 valence electrons. The van der Waals surface area contributed by atoms with Gasteiger partial charge in [-0.2, -0.15) is 0 Å². The number of fused-ring (bicyclic) bond motifs is 8. The van der Waals surface area contributed by atoms with Crippen LogP contribution in [0.4, 0.5) is 17.6 Å². The first-order valence-electron chi connectivity index (χ1n) is 10.8. The van der Waals surface area contributed by atoms with Crippen LogP contribution in [0.25, 0.3) is 65.7 Å². The van der Waals surface area contributed by atoms with Gasteiger partial charge >= 0.3 is 0 Å². The summed E-state index contributed by atoms with van der Waals surface area (Å²) in [5, 5.41) is -3.44. The van der Waals surface area contributed by atoms with Crippen LogP contribution in [0, 0.1) is 23.3 Å². The number of rotatable bonds is 0. The topological polar surface area (TPSA) is 68.7 Å².